The van der Waals surface area contributed by atoms with Crippen LogP contribution >= 0.6 is 46.7 Å². The first-order valence-electron chi connectivity index (χ1n) is 15.6. The molecule has 0 spiro atoms. The van der Waals surface area contributed by atoms with Crippen LogP contribution in [-0.4, -0.2) is 48.2 Å². The number of rotatable bonds is 8. The molecule has 0 unspecified atom stereocenters. The molecule has 2 fully saturated rings. The highest BCUT2D eigenvalue weighted by Gasteiger charge is 2.31. The van der Waals surface area contributed by atoms with Crippen LogP contribution in [-0.2, 0) is 19.3 Å². The normalized spacial score (nSPS) is 16.5. The molecule has 0 atom stereocenters. The van der Waals surface area contributed by atoms with Crippen LogP contribution in [0.25, 0.3) is 0 Å². The minimum absolute atomic E-state index is 0.0573. The van der Waals surface area contributed by atoms with Crippen LogP contribution in [0, 0.1) is 11.6 Å². The highest BCUT2D eigenvalue weighted by Crippen LogP contribution is 2.40. The molecular formula is C36H32Cl2F2N2O4S2. The molecule has 0 amide bonds. The van der Waals surface area contributed by atoms with Gasteiger partial charge < -0.3 is 9.68 Å². The Balaban J connectivity index is 0.980. The van der Waals surface area contributed by atoms with Crippen molar-refractivity contribution >= 4 is 58.7 Å². The molecule has 48 heavy (non-hydrogen) atoms. The van der Waals surface area contributed by atoms with Crippen molar-refractivity contribution < 1.29 is 28.0 Å². The molecule has 12 heteroatoms. The van der Waals surface area contributed by atoms with Gasteiger partial charge in [-0.3, -0.25) is 0 Å². The fourth-order valence-electron chi connectivity index (χ4n) is 5.95. The lowest BCUT2D eigenvalue weighted by Crippen LogP contribution is -2.41. The average molecular weight is 730 g/mol. The Kier molecular flexibility index (Phi) is 11.6. The lowest BCUT2D eigenvalue weighted by molar-refractivity contribution is -0.222. The van der Waals surface area contributed by atoms with Crippen molar-refractivity contribution in [3.63, 3.8) is 0 Å². The highest BCUT2D eigenvalue weighted by molar-refractivity contribution is 7.99. The fraction of sp³-hybridized carbons (Fsp3) is 0.278. The molecule has 6 nitrogen and oxygen atoms in total. The second-order valence-corrected chi connectivity index (χ2v) is 14.7. The fourth-order valence-corrected chi connectivity index (χ4v) is 8.21. The van der Waals surface area contributed by atoms with Crippen molar-refractivity contribution in [1.82, 2.24) is 10.1 Å². The summed E-state index contributed by atoms with van der Waals surface area (Å²) in [5.41, 5.74) is 1.80. The van der Waals surface area contributed by atoms with Crippen LogP contribution in [0.5, 0.6) is 0 Å². The third-order valence-corrected chi connectivity index (χ3v) is 11.1. The van der Waals surface area contributed by atoms with E-state index in [-0.39, 0.29) is 23.5 Å². The third-order valence-electron chi connectivity index (χ3n) is 8.40. The standard InChI is InChI=1S/C36H32Cl2F2N2O4S2/c37-25-1-7-29(8-2-25)47-33-11-5-27(39)21-31(33)23-13-17-41(18-14-23)45-35(43)36(44)46-42-19-15-24(16-20-42)32-22-28(40)6-12-34(32)48-30-9-3-26(38)4-10-30/h1-12,21-24H,13-20H2. The van der Waals surface area contributed by atoms with Crippen molar-refractivity contribution in [2.24, 2.45) is 0 Å². The lowest BCUT2D eigenvalue weighted by atomic mass is 9.90. The van der Waals surface area contributed by atoms with E-state index in [9.17, 15) is 18.4 Å². The molecule has 4 aromatic rings. The molecule has 250 valence electrons. The van der Waals surface area contributed by atoms with E-state index >= 15 is 0 Å². The number of carbonyl (C=O) groups is 2. The minimum Gasteiger partial charge on any atom is -0.359 e. The topological polar surface area (TPSA) is 59.1 Å². The first-order chi connectivity index (χ1) is 23.2. The van der Waals surface area contributed by atoms with Gasteiger partial charge in [0.1, 0.15) is 11.6 Å². The quantitative estimate of drug-likeness (QED) is 0.166. The summed E-state index contributed by atoms with van der Waals surface area (Å²) < 4.78 is 28.6. The predicted octanol–water partition coefficient (Wildman–Crippen LogP) is 9.55. The van der Waals surface area contributed by atoms with Gasteiger partial charge in [-0.2, -0.15) is 0 Å². The van der Waals surface area contributed by atoms with Crippen LogP contribution < -0.4 is 0 Å². The number of hydrogen-bond donors (Lipinski definition) is 0. The number of hydrogen-bond acceptors (Lipinski definition) is 8. The Morgan fingerprint density at radius 1 is 0.583 bits per heavy atom. The summed E-state index contributed by atoms with van der Waals surface area (Å²) >= 11 is 15.1. The van der Waals surface area contributed by atoms with E-state index in [1.807, 2.05) is 48.5 Å². The van der Waals surface area contributed by atoms with Crippen molar-refractivity contribution in [3.8, 4) is 0 Å². The van der Waals surface area contributed by atoms with Gasteiger partial charge in [-0.25, -0.2) is 18.4 Å². The number of nitrogens with zero attached hydrogens (tertiary/aromatic N) is 2. The molecule has 0 N–H and O–H groups in total. The summed E-state index contributed by atoms with van der Waals surface area (Å²) in [6, 6.07) is 24.6. The Morgan fingerprint density at radius 2 is 0.938 bits per heavy atom. The van der Waals surface area contributed by atoms with Gasteiger partial charge in [0.2, 0.25) is 0 Å². The zero-order valence-corrected chi connectivity index (χ0v) is 28.9. The van der Waals surface area contributed by atoms with Crippen LogP contribution in [0.3, 0.4) is 0 Å². The van der Waals surface area contributed by atoms with Crippen LogP contribution in [0.15, 0.2) is 105 Å². The van der Waals surface area contributed by atoms with Gasteiger partial charge in [-0.1, -0.05) is 46.7 Å². The highest BCUT2D eigenvalue weighted by atomic mass is 35.5. The van der Waals surface area contributed by atoms with Crippen LogP contribution in [0.1, 0.15) is 48.6 Å². The molecule has 0 radical (unpaired) electrons. The molecule has 0 aromatic heterocycles. The van der Waals surface area contributed by atoms with Crippen LogP contribution in [0.2, 0.25) is 10.0 Å². The number of benzene rings is 4. The SMILES string of the molecule is O=C(ON1CCC(c2cc(F)ccc2Sc2ccc(Cl)cc2)CC1)C(=O)ON1CCC(c2cc(F)ccc2Sc2ccc(Cl)cc2)CC1. The summed E-state index contributed by atoms with van der Waals surface area (Å²) in [5, 5.41) is 4.21. The van der Waals surface area contributed by atoms with Crippen molar-refractivity contribution in [1.29, 1.82) is 0 Å². The van der Waals surface area contributed by atoms with E-state index in [4.69, 9.17) is 32.9 Å². The molecule has 0 saturated carbocycles. The summed E-state index contributed by atoms with van der Waals surface area (Å²) in [7, 11) is 0. The second-order valence-electron chi connectivity index (χ2n) is 11.6. The molecule has 0 bridgehead atoms. The van der Waals surface area contributed by atoms with E-state index < -0.39 is 11.9 Å². The van der Waals surface area contributed by atoms with Crippen molar-refractivity contribution in [3.05, 3.63) is 118 Å². The lowest BCUT2D eigenvalue weighted by Gasteiger charge is -2.32. The Labute approximate surface area is 296 Å². The Bertz CT molecular complexity index is 1620. The molecular weight excluding hydrogens is 697 g/mol. The summed E-state index contributed by atoms with van der Waals surface area (Å²) in [6.07, 6.45) is 2.47. The van der Waals surface area contributed by atoms with E-state index in [1.165, 1.54) is 22.3 Å². The predicted molar refractivity (Wildman–Crippen MR) is 183 cm³/mol. The van der Waals surface area contributed by atoms with Gasteiger partial charge in [0, 0.05) is 55.8 Å². The van der Waals surface area contributed by atoms with Gasteiger partial charge in [0.05, 0.1) is 0 Å². The molecule has 2 aliphatic rings. The zero-order chi connectivity index (χ0) is 33.6. The van der Waals surface area contributed by atoms with Crippen molar-refractivity contribution in [2.45, 2.75) is 57.1 Å². The van der Waals surface area contributed by atoms with E-state index in [2.05, 4.69) is 0 Å². The molecule has 2 saturated heterocycles. The van der Waals surface area contributed by atoms with E-state index in [0.29, 0.717) is 61.9 Å². The Hall–Kier alpha value is -3.12. The van der Waals surface area contributed by atoms with Crippen LogP contribution in [0.4, 0.5) is 8.78 Å². The summed E-state index contributed by atoms with van der Waals surface area (Å²) in [5.74, 6) is -2.68. The van der Waals surface area contributed by atoms with E-state index in [0.717, 1.165) is 30.7 Å². The summed E-state index contributed by atoms with van der Waals surface area (Å²) in [6.45, 7) is 1.56. The maximum atomic E-state index is 14.3. The van der Waals surface area contributed by atoms with E-state index in [1.54, 1.807) is 47.8 Å². The Morgan fingerprint density at radius 3 is 1.29 bits per heavy atom. The number of halogens is 4. The second kappa shape index (κ2) is 16.1. The van der Waals surface area contributed by atoms with Crippen molar-refractivity contribution in [2.75, 3.05) is 26.2 Å². The molecule has 6 rings (SSSR count). The smallest absolute Gasteiger partial charge is 0.359 e. The van der Waals surface area contributed by atoms with Gasteiger partial charge >= 0.3 is 11.9 Å². The zero-order valence-electron chi connectivity index (χ0n) is 25.8. The van der Waals surface area contributed by atoms with Gasteiger partial charge in [0.15, 0.2) is 0 Å². The maximum absolute atomic E-state index is 14.3. The maximum Gasteiger partial charge on any atom is 0.438 e. The third kappa shape index (κ3) is 9.11. The molecule has 2 heterocycles. The average Bonchev–Trinajstić information content (AvgIpc) is 3.09. The summed E-state index contributed by atoms with van der Waals surface area (Å²) in [4.78, 5) is 39.9. The molecule has 4 aromatic carbocycles. The monoisotopic (exact) mass is 728 g/mol. The first-order valence-corrected chi connectivity index (χ1v) is 18.0. The molecule has 2 aliphatic heterocycles. The van der Waals surface area contributed by atoms with Gasteiger partial charge in [-0.15, -0.1) is 10.1 Å². The first kappa shape index (κ1) is 34.7. The number of hydroxylamine groups is 4. The van der Waals surface area contributed by atoms with Gasteiger partial charge in [-0.05, 0) is 134 Å². The van der Waals surface area contributed by atoms with Gasteiger partial charge in [0.25, 0.3) is 0 Å². The number of carbonyl (C=O) groups excluding carboxylic acids is 2. The number of piperidine rings is 2. The largest absolute Gasteiger partial charge is 0.438 e. The molecule has 0 aliphatic carbocycles. The minimum atomic E-state index is -1.09.